The van der Waals surface area contributed by atoms with Crippen molar-refractivity contribution in [2.24, 2.45) is 0 Å². The molecule has 1 amide bonds. The van der Waals surface area contributed by atoms with Crippen LogP contribution in [-0.4, -0.2) is 21.1 Å². The fourth-order valence-corrected chi connectivity index (χ4v) is 2.83. The third kappa shape index (κ3) is 3.70. The molecule has 1 aromatic heterocycles. The summed E-state index contributed by atoms with van der Waals surface area (Å²) < 4.78 is 0.838. The number of aromatic amines is 1. The number of aryl methyl sites for hydroxylation is 1. The molecule has 0 fully saturated rings. The SMILES string of the molecule is Cc1nc(-c2cccc(NC(=O)c3cc(Cl)ccc3I)c2)n[nH]1. The number of aromatic nitrogens is 3. The van der Waals surface area contributed by atoms with Crippen LogP contribution in [0.4, 0.5) is 5.69 Å². The van der Waals surface area contributed by atoms with Gasteiger partial charge in [-0.15, -0.1) is 0 Å². The number of carbonyl (C=O) groups is 1. The van der Waals surface area contributed by atoms with E-state index in [1.807, 2.05) is 37.3 Å². The van der Waals surface area contributed by atoms with Gasteiger partial charge in [0.15, 0.2) is 5.82 Å². The first-order chi connectivity index (χ1) is 11.0. The molecule has 0 atom stereocenters. The average Bonchev–Trinajstić information content (AvgIpc) is 2.96. The third-order valence-corrected chi connectivity index (χ3v) is 4.32. The predicted octanol–water partition coefficient (Wildman–Crippen LogP) is 4.29. The molecule has 0 radical (unpaired) electrons. The van der Waals surface area contributed by atoms with Gasteiger partial charge in [0, 0.05) is 19.8 Å². The lowest BCUT2D eigenvalue weighted by molar-refractivity contribution is 0.102. The molecule has 0 saturated heterocycles. The minimum atomic E-state index is -0.208. The Balaban J connectivity index is 1.85. The number of nitrogens with zero attached hydrogens (tertiary/aromatic N) is 2. The number of H-pyrrole nitrogens is 1. The largest absolute Gasteiger partial charge is 0.322 e. The molecule has 7 heteroatoms. The summed E-state index contributed by atoms with van der Waals surface area (Å²) in [5, 5.41) is 10.3. The van der Waals surface area contributed by atoms with Crippen molar-refractivity contribution >= 4 is 45.8 Å². The number of carbonyl (C=O) groups excluding carboxylic acids is 1. The van der Waals surface area contributed by atoms with Crippen molar-refractivity contribution in [1.82, 2.24) is 15.2 Å². The molecule has 0 aliphatic heterocycles. The topological polar surface area (TPSA) is 70.7 Å². The number of benzene rings is 2. The summed E-state index contributed by atoms with van der Waals surface area (Å²) in [5.74, 6) is 1.12. The van der Waals surface area contributed by atoms with Crippen LogP contribution in [0, 0.1) is 10.5 Å². The normalized spacial score (nSPS) is 10.6. The van der Waals surface area contributed by atoms with E-state index in [4.69, 9.17) is 11.6 Å². The Morgan fingerprint density at radius 3 is 2.83 bits per heavy atom. The summed E-state index contributed by atoms with van der Waals surface area (Å²) in [4.78, 5) is 16.7. The number of rotatable bonds is 3. The van der Waals surface area contributed by atoms with Crippen LogP contribution in [0.15, 0.2) is 42.5 Å². The molecule has 3 rings (SSSR count). The third-order valence-electron chi connectivity index (χ3n) is 3.15. The average molecular weight is 439 g/mol. The first-order valence-corrected chi connectivity index (χ1v) is 8.24. The highest BCUT2D eigenvalue weighted by molar-refractivity contribution is 14.1. The van der Waals surface area contributed by atoms with Crippen LogP contribution in [0.3, 0.4) is 0 Å². The Hall–Kier alpha value is -1.93. The van der Waals surface area contributed by atoms with Crippen LogP contribution in [0.25, 0.3) is 11.4 Å². The lowest BCUT2D eigenvalue weighted by atomic mass is 10.1. The predicted molar refractivity (Wildman–Crippen MR) is 98.7 cm³/mol. The molecule has 3 aromatic rings. The van der Waals surface area contributed by atoms with Crippen molar-refractivity contribution in [2.45, 2.75) is 6.92 Å². The summed E-state index contributed by atoms with van der Waals surface area (Å²) >= 11 is 8.08. The minimum Gasteiger partial charge on any atom is -0.322 e. The maximum atomic E-state index is 12.4. The van der Waals surface area contributed by atoms with Gasteiger partial charge < -0.3 is 5.32 Å². The van der Waals surface area contributed by atoms with E-state index in [1.165, 1.54) is 0 Å². The Bertz CT molecular complexity index is 878. The van der Waals surface area contributed by atoms with Gasteiger partial charge in [-0.3, -0.25) is 9.89 Å². The van der Waals surface area contributed by atoms with E-state index >= 15 is 0 Å². The standard InChI is InChI=1S/C16H12ClIN4O/c1-9-19-15(22-21-9)10-3-2-4-12(7-10)20-16(23)13-8-11(17)5-6-14(13)18/h2-8H,1H3,(H,20,23)(H,19,21,22). The van der Waals surface area contributed by atoms with Crippen LogP contribution < -0.4 is 5.32 Å². The molecule has 0 aliphatic rings. The summed E-state index contributed by atoms with van der Waals surface area (Å²) in [6.45, 7) is 1.84. The first-order valence-electron chi connectivity index (χ1n) is 6.79. The quantitative estimate of drug-likeness (QED) is 0.599. The van der Waals surface area contributed by atoms with Crippen molar-refractivity contribution in [3.8, 4) is 11.4 Å². The lowest BCUT2D eigenvalue weighted by Crippen LogP contribution is -2.13. The maximum Gasteiger partial charge on any atom is 0.256 e. The molecule has 23 heavy (non-hydrogen) atoms. The van der Waals surface area contributed by atoms with E-state index in [9.17, 15) is 4.79 Å². The van der Waals surface area contributed by atoms with Crippen LogP contribution in [-0.2, 0) is 0 Å². The molecule has 2 N–H and O–H groups in total. The lowest BCUT2D eigenvalue weighted by Gasteiger charge is -2.08. The maximum absolute atomic E-state index is 12.4. The Kier molecular flexibility index (Phi) is 4.63. The highest BCUT2D eigenvalue weighted by Crippen LogP contribution is 2.22. The van der Waals surface area contributed by atoms with E-state index < -0.39 is 0 Å². The summed E-state index contributed by atoms with van der Waals surface area (Å²) in [6, 6.07) is 12.6. The molecule has 5 nitrogen and oxygen atoms in total. The zero-order chi connectivity index (χ0) is 16.4. The Morgan fingerprint density at radius 1 is 1.26 bits per heavy atom. The van der Waals surface area contributed by atoms with Gasteiger partial charge in [-0.2, -0.15) is 5.10 Å². The second-order valence-electron chi connectivity index (χ2n) is 4.90. The summed E-state index contributed by atoms with van der Waals surface area (Å²) in [5.41, 5.74) is 2.04. The molecule has 0 unspecified atom stereocenters. The van der Waals surface area contributed by atoms with E-state index in [-0.39, 0.29) is 5.91 Å². The molecule has 0 bridgehead atoms. The monoisotopic (exact) mass is 438 g/mol. The number of anilines is 1. The van der Waals surface area contributed by atoms with Crippen LogP contribution in [0.5, 0.6) is 0 Å². The molecule has 0 saturated carbocycles. The second-order valence-corrected chi connectivity index (χ2v) is 6.50. The van der Waals surface area contributed by atoms with E-state index in [0.717, 1.165) is 15.0 Å². The van der Waals surface area contributed by atoms with Gasteiger partial charge in [0.05, 0.1) is 5.56 Å². The van der Waals surface area contributed by atoms with Gasteiger partial charge in [-0.1, -0.05) is 23.7 Å². The van der Waals surface area contributed by atoms with Crippen molar-refractivity contribution < 1.29 is 4.79 Å². The van der Waals surface area contributed by atoms with Gasteiger partial charge in [-0.25, -0.2) is 4.98 Å². The number of hydrogen-bond acceptors (Lipinski definition) is 3. The van der Waals surface area contributed by atoms with Gasteiger partial charge in [0.25, 0.3) is 5.91 Å². The van der Waals surface area contributed by atoms with E-state index in [2.05, 4.69) is 43.1 Å². The highest BCUT2D eigenvalue weighted by Gasteiger charge is 2.12. The van der Waals surface area contributed by atoms with Crippen LogP contribution >= 0.6 is 34.2 Å². The van der Waals surface area contributed by atoms with Crippen molar-refractivity contribution in [3.63, 3.8) is 0 Å². The second kappa shape index (κ2) is 6.67. The van der Waals surface area contributed by atoms with Crippen molar-refractivity contribution in [2.75, 3.05) is 5.32 Å². The van der Waals surface area contributed by atoms with E-state index in [1.54, 1.807) is 12.1 Å². The summed E-state index contributed by atoms with van der Waals surface area (Å²) in [7, 11) is 0. The Morgan fingerprint density at radius 2 is 2.09 bits per heavy atom. The van der Waals surface area contributed by atoms with Crippen molar-refractivity contribution in [3.05, 3.63) is 62.4 Å². The first kappa shape index (κ1) is 15.9. The van der Waals surface area contributed by atoms with Crippen molar-refractivity contribution in [1.29, 1.82) is 0 Å². The zero-order valence-electron chi connectivity index (χ0n) is 12.1. The molecule has 2 aromatic carbocycles. The molecular formula is C16H12ClIN4O. The van der Waals surface area contributed by atoms with E-state index in [0.29, 0.717) is 22.1 Å². The van der Waals surface area contributed by atoms with Gasteiger partial charge >= 0.3 is 0 Å². The molecule has 0 spiro atoms. The minimum absolute atomic E-state index is 0.208. The fourth-order valence-electron chi connectivity index (χ4n) is 2.08. The molecule has 116 valence electrons. The van der Waals surface area contributed by atoms with Gasteiger partial charge in [-0.05, 0) is 59.8 Å². The summed E-state index contributed by atoms with van der Waals surface area (Å²) in [6.07, 6.45) is 0. The van der Waals surface area contributed by atoms with Crippen LogP contribution in [0.1, 0.15) is 16.2 Å². The number of amides is 1. The zero-order valence-corrected chi connectivity index (χ0v) is 15.0. The smallest absolute Gasteiger partial charge is 0.256 e. The van der Waals surface area contributed by atoms with Gasteiger partial charge in [0.2, 0.25) is 0 Å². The number of hydrogen-bond donors (Lipinski definition) is 2. The highest BCUT2D eigenvalue weighted by atomic mass is 127. The molecule has 0 aliphatic carbocycles. The molecule has 1 heterocycles. The fraction of sp³-hybridized carbons (Fsp3) is 0.0625. The molecular weight excluding hydrogens is 427 g/mol. The van der Waals surface area contributed by atoms with Gasteiger partial charge in [0.1, 0.15) is 5.82 Å². The number of nitrogens with one attached hydrogen (secondary N) is 2. The Labute approximate surface area is 151 Å². The van der Waals surface area contributed by atoms with Crippen LogP contribution in [0.2, 0.25) is 5.02 Å². The number of halogens is 2.